The van der Waals surface area contributed by atoms with E-state index >= 15 is 0 Å². The Bertz CT molecular complexity index is 1860. The number of aromatic nitrogens is 1. The number of nitrogens with zero attached hydrogens (tertiary/aromatic N) is 3. The first-order chi connectivity index (χ1) is 19.7. The largest absolute Gasteiger partial charge is 0.497 e. The molecule has 1 atom stereocenters. The number of hydrogen-bond acceptors (Lipinski definition) is 9. The molecule has 2 aromatic carbocycles. The molecule has 11 nitrogen and oxygen atoms in total. The van der Waals surface area contributed by atoms with Gasteiger partial charge < -0.3 is 18.3 Å². The smallest absolute Gasteiger partial charge is 0.338 e. The number of hydrogen-bond donors (Lipinski definition) is 0. The third kappa shape index (κ3) is 5.09. The molecule has 41 heavy (non-hydrogen) atoms. The molecule has 0 amide bonds. The molecule has 0 N–H and O–H groups in total. The minimum Gasteiger partial charge on any atom is -0.497 e. The predicted octanol–water partition coefficient (Wildman–Crippen LogP) is 4.07. The van der Waals surface area contributed by atoms with Crippen molar-refractivity contribution in [1.29, 1.82) is 0 Å². The molecule has 1 aliphatic rings. The normalized spacial score (nSPS) is 14.9. The van der Waals surface area contributed by atoms with Crippen molar-refractivity contribution in [2.75, 3.05) is 13.7 Å². The first kappa shape index (κ1) is 27.4. The lowest BCUT2D eigenvalue weighted by Gasteiger charge is -2.24. The van der Waals surface area contributed by atoms with E-state index < -0.39 is 22.5 Å². The van der Waals surface area contributed by atoms with Crippen LogP contribution in [0.3, 0.4) is 0 Å². The zero-order valence-electron chi connectivity index (χ0n) is 22.9. The molecule has 4 aromatic rings. The average Bonchev–Trinajstić information content (AvgIpc) is 3.56. The summed E-state index contributed by atoms with van der Waals surface area (Å²) in [7, 11) is 1.42. The van der Waals surface area contributed by atoms with Crippen LogP contribution in [0.25, 0.3) is 17.4 Å². The van der Waals surface area contributed by atoms with Gasteiger partial charge in [0.2, 0.25) is 0 Å². The lowest BCUT2D eigenvalue weighted by Crippen LogP contribution is -2.40. The Kier molecular flexibility index (Phi) is 7.43. The van der Waals surface area contributed by atoms with Crippen molar-refractivity contribution in [3.63, 3.8) is 0 Å². The summed E-state index contributed by atoms with van der Waals surface area (Å²) in [6.07, 6.45) is 2.22. The number of nitro groups is 1. The van der Waals surface area contributed by atoms with Gasteiger partial charge in [-0.1, -0.05) is 31.2 Å². The molecule has 0 saturated heterocycles. The second-order valence-electron chi connectivity index (χ2n) is 9.24. The second-order valence-corrected chi connectivity index (χ2v) is 9.24. The lowest BCUT2D eigenvalue weighted by molar-refractivity contribution is -0.384. The summed E-state index contributed by atoms with van der Waals surface area (Å²) in [5.41, 5.74) is 1.88. The van der Waals surface area contributed by atoms with Crippen LogP contribution in [-0.2, 0) is 16.0 Å². The summed E-state index contributed by atoms with van der Waals surface area (Å²) in [5.74, 6) is 0.219. The Morgan fingerprint density at radius 3 is 2.54 bits per heavy atom. The first-order valence-electron chi connectivity index (χ1n) is 13.0. The number of carbonyl (C=O) groups excluding carboxylic acids is 1. The number of furan rings is 1. The highest BCUT2D eigenvalue weighted by molar-refractivity contribution is 5.91. The predicted molar refractivity (Wildman–Crippen MR) is 148 cm³/mol. The van der Waals surface area contributed by atoms with Crippen LogP contribution in [0.1, 0.15) is 43.7 Å². The molecule has 3 heterocycles. The van der Waals surface area contributed by atoms with Gasteiger partial charge in [-0.25, -0.2) is 14.4 Å². The Morgan fingerprint density at radius 1 is 1.12 bits per heavy atom. The maximum atomic E-state index is 13.7. The average molecular weight is 558 g/mol. The number of allylic oxidation sites excluding steroid dienone is 1. The zero-order chi connectivity index (χ0) is 29.3. The molecular formula is C30H27N3O8. The van der Waals surface area contributed by atoms with E-state index in [2.05, 4.69) is 4.99 Å². The fourth-order valence-electron chi connectivity index (χ4n) is 4.74. The number of fused-ring (bicyclic) bond motifs is 1. The van der Waals surface area contributed by atoms with Crippen LogP contribution in [-0.4, -0.2) is 29.2 Å². The third-order valence-electron chi connectivity index (χ3n) is 6.79. The van der Waals surface area contributed by atoms with Crippen LogP contribution >= 0.6 is 0 Å². The number of rotatable bonds is 8. The number of benzene rings is 2. The van der Waals surface area contributed by atoms with E-state index in [1.807, 2.05) is 31.2 Å². The van der Waals surface area contributed by atoms with Crippen LogP contribution in [0.5, 0.6) is 5.75 Å². The minimum absolute atomic E-state index is 0.0222. The maximum Gasteiger partial charge on any atom is 0.338 e. The molecule has 1 aliphatic heterocycles. The molecule has 2 aromatic heterocycles. The number of ether oxygens (including phenoxy) is 2. The Labute approximate surface area is 233 Å². The Hall–Kier alpha value is -5.19. The molecule has 1 unspecified atom stereocenters. The number of methoxy groups -OCH3 is 1. The van der Waals surface area contributed by atoms with E-state index in [0.29, 0.717) is 17.0 Å². The van der Waals surface area contributed by atoms with Gasteiger partial charge in [0, 0.05) is 6.08 Å². The van der Waals surface area contributed by atoms with Gasteiger partial charge in [0.1, 0.15) is 23.3 Å². The van der Waals surface area contributed by atoms with Crippen molar-refractivity contribution >= 4 is 17.7 Å². The van der Waals surface area contributed by atoms with Crippen LogP contribution in [0.15, 0.2) is 84.5 Å². The third-order valence-corrected chi connectivity index (χ3v) is 6.79. The molecule has 0 radical (unpaired) electrons. The first-order valence-corrected chi connectivity index (χ1v) is 13.0. The van der Waals surface area contributed by atoms with Crippen molar-refractivity contribution in [3.05, 3.63) is 114 Å². The number of oxazole rings is 1. The summed E-state index contributed by atoms with van der Waals surface area (Å²) in [4.78, 5) is 42.2. The van der Waals surface area contributed by atoms with Crippen LogP contribution in [0.2, 0.25) is 0 Å². The summed E-state index contributed by atoms with van der Waals surface area (Å²) in [5, 5.41) is 11.6. The SMILES string of the molecule is CCOC(=O)C1=C(C)N=c2o/c(=C\c3ccc(-c4ccc(OC)cc4[N+](=O)[O-])o3)c(=O)n2C1c1ccc(CC)cc1. The van der Waals surface area contributed by atoms with E-state index in [1.165, 1.54) is 29.9 Å². The van der Waals surface area contributed by atoms with Gasteiger partial charge in [0.15, 0.2) is 5.42 Å². The van der Waals surface area contributed by atoms with Crippen molar-refractivity contribution < 1.29 is 28.0 Å². The summed E-state index contributed by atoms with van der Waals surface area (Å²) in [6, 6.07) is 14.4. The number of carbonyl (C=O) groups is 1. The van der Waals surface area contributed by atoms with Gasteiger partial charge in [0.25, 0.3) is 11.2 Å². The van der Waals surface area contributed by atoms with Crippen molar-refractivity contribution in [2.45, 2.75) is 33.2 Å². The van der Waals surface area contributed by atoms with Gasteiger partial charge in [-0.3, -0.25) is 14.9 Å². The highest BCUT2D eigenvalue weighted by Crippen LogP contribution is 2.34. The fraction of sp³-hybridized carbons (Fsp3) is 0.233. The van der Waals surface area contributed by atoms with Gasteiger partial charge in [-0.2, -0.15) is 0 Å². The van der Waals surface area contributed by atoms with Crippen molar-refractivity contribution in [2.24, 2.45) is 4.99 Å². The van der Waals surface area contributed by atoms with Gasteiger partial charge >= 0.3 is 11.7 Å². The summed E-state index contributed by atoms with van der Waals surface area (Å²) in [6.45, 7) is 5.58. The number of esters is 1. The number of aryl methyl sites for hydroxylation is 1. The molecule has 0 bridgehead atoms. The van der Waals surface area contributed by atoms with Crippen LogP contribution < -0.4 is 21.4 Å². The topological polar surface area (TPSA) is 139 Å². The quantitative estimate of drug-likeness (QED) is 0.179. The minimum atomic E-state index is -0.819. The molecular weight excluding hydrogens is 530 g/mol. The lowest BCUT2D eigenvalue weighted by atomic mass is 9.95. The molecule has 0 spiro atoms. The zero-order valence-corrected chi connectivity index (χ0v) is 22.9. The monoisotopic (exact) mass is 557 g/mol. The van der Waals surface area contributed by atoms with Gasteiger partial charge in [-0.15, -0.1) is 0 Å². The summed E-state index contributed by atoms with van der Waals surface area (Å²) >= 11 is 0. The van der Waals surface area contributed by atoms with Gasteiger partial charge in [0.05, 0.1) is 41.5 Å². The highest BCUT2D eigenvalue weighted by Gasteiger charge is 2.34. The van der Waals surface area contributed by atoms with Crippen LogP contribution in [0, 0.1) is 10.1 Å². The standard InChI is InChI=1S/C30H27N3O8/c1-5-18-7-9-19(10-8-18)27-26(29(35)39-6-2)17(3)31-30-32(27)28(34)25(41-30)16-21-12-14-24(40-21)22-13-11-20(38-4)15-23(22)33(36)37/h7-16,27H,5-6H2,1-4H3/b25-16-. The Morgan fingerprint density at radius 2 is 1.88 bits per heavy atom. The number of nitro benzene ring substituents is 1. The molecule has 11 heteroatoms. The van der Waals surface area contributed by atoms with E-state index in [1.54, 1.807) is 32.0 Å². The summed E-state index contributed by atoms with van der Waals surface area (Å²) < 4.78 is 23.4. The molecule has 0 fully saturated rings. The highest BCUT2D eigenvalue weighted by atomic mass is 16.6. The molecule has 5 rings (SSSR count). The van der Waals surface area contributed by atoms with Crippen LogP contribution in [0.4, 0.5) is 5.69 Å². The molecule has 0 aliphatic carbocycles. The van der Waals surface area contributed by atoms with E-state index in [-0.39, 0.29) is 46.1 Å². The Balaban J connectivity index is 1.62. The van der Waals surface area contributed by atoms with Crippen molar-refractivity contribution in [3.8, 4) is 17.1 Å². The maximum absolute atomic E-state index is 13.7. The second kappa shape index (κ2) is 11.1. The van der Waals surface area contributed by atoms with Crippen molar-refractivity contribution in [1.82, 2.24) is 4.57 Å². The molecule has 0 saturated carbocycles. The van der Waals surface area contributed by atoms with E-state index in [9.17, 15) is 19.7 Å². The van der Waals surface area contributed by atoms with E-state index in [0.717, 1.165) is 12.0 Å². The van der Waals surface area contributed by atoms with E-state index in [4.69, 9.17) is 18.3 Å². The fourth-order valence-corrected chi connectivity index (χ4v) is 4.74. The van der Waals surface area contributed by atoms with Gasteiger partial charge in [-0.05, 0) is 55.7 Å². The molecule has 210 valence electrons.